The first-order valence-electron chi connectivity index (χ1n) is 6.66. The predicted octanol–water partition coefficient (Wildman–Crippen LogP) is 4.22. The second kappa shape index (κ2) is 4.64. The van der Waals surface area contributed by atoms with Crippen LogP contribution in [0.4, 0.5) is 10.2 Å². The van der Waals surface area contributed by atoms with Gasteiger partial charge in [0.1, 0.15) is 16.5 Å². The minimum Gasteiger partial charge on any atom is -0.383 e. The van der Waals surface area contributed by atoms with Crippen LogP contribution in [0.25, 0.3) is 21.6 Å². The van der Waals surface area contributed by atoms with E-state index in [1.165, 1.54) is 28.6 Å². The number of nitrogens with two attached hydrogens (primary N) is 1. The fourth-order valence-corrected chi connectivity index (χ4v) is 4.25. The van der Waals surface area contributed by atoms with Gasteiger partial charge in [-0.05, 0) is 43.0 Å². The van der Waals surface area contributed by atoms with E-state index >= 15 is 0 Å². The van der Waals surface area contributed by atoms with Crippen molar-refractivity contribution in [1.29, 1.82) is 0 Å². The molecule has 0 radical (unpaired) electrons. The number of aryl methyl sites for hydroxylation is 2. The van der Waals surface area contributed by atoms with Gasteiger partial charge in [-0.2, -0.15) is 0 Å². The monoisotopic (exact) mass is 319 g/mol. The number of thiophene rings is 1. The largest absolute Gasteiger partial charge is 0.383 e. The van der Waals surface area contributed by atoms with Gasteiger partial charge in [0, 0.05) is 9.90 Å². The van der Waals surface area contributed by atoms with E-state index in [0.29, 0.717) is 16.7 Å². The van der Waals surface area contributed by atoms with E-state index in [1.54, 1.807) is 11.3 Å². The summed E-state index contributed by atoms with van der Waals surface area (Å²) in [6, 6.07) is 4.34. The molecule has 0 unspecified atom stereocenters. The SMILES string of the molecule is Nc1nc(-c2cc(Cl)ccc2F)nc2sc3c(c12)CCC3. The minimum absolute atomic E-state index is 0.282. The molecule has 0 saturated carbocycles. The molecule has 1 aliphatic carbocycles. The first kappa shape index (κ1) is 13.0. The lowest BCUT2D eigenvalue weighted by molar-refractivity contribution is 0.630. The maximum absolute atomic E-state index is 14.0. The minimum atomic E-state index is -0.401. The lowest BCUT2D eigenvalue weighted by Gasteiger charge is -2.05. The number of nitrogens with zero attached hydrogens (tertiary/aromatic N) is 2. The van der Waals surface area contributed by atoms with E-state index in [4.69, 9.17) is 17.3 Å². The van der Waals surface area contributed by atoms with Gasteiger partial charge in [-0.1, -0.05) is 11.6 Å². The molecule has 1 aliphatic rings. The van der Waals surface area contributed by atoms with Gasteiger partial charge in [-0.15, -0.1) is 11.3 Å². The Labute approximate surface area is 129 Å². The highest BCUT2D eigenvalue weighted by Crippen LogP contribution is 2.39. The number of fused-ring (bicyclic) bond motifs is 3. The molecule has 0 amide bonds. The number of hydrogen-bond acceptors (Lipinski definition) is 4. The Morgan fingerprint density at radius 2 is 2.10 bits per heavy atom. The van der Waals surface area contributed by atoms with E-state index in [-0.39, 0.29) is 5.56 Å². The van der Waals surface area contributed by atoms with E-state index in [1.807, 2.05) is 0 Å². The molecular formula is C15H11ClFN3S. The average molecular weight is 320 g/mol. The third-order valence-electron chi connectivity index (χ3n) is 3.76. The molecule has 2 aromatic heterocycles. The fraction of sp³-hybridized carbons (Fsp3) is 0.200. The number of halogens is 2. The van der Waals surface area contributed by atoms with Crippen LogP contribution in [0.2, 0.25) is 5.02 Å². The van der Waals surface area contributed by atoms with Crippen LogP contribution in [0.15, 0.2) is 18.2 Å². The maximum Gasteiger partial charge on any atom is 0.166 e. The number of hydrogen-bond donors (Lipinski definition) is 1. The van der Waals surface area contributed by atoms with Crippen LogP contribution in [0.3, 0.4) is 0 Å². The first-order valence-corrected chi connectivity index (χ1v) is 7.86. The van der Waals surface area contributed by atoms with Gasteiger partial charge in [0.15, 0.2) is 5.82 Å². The highest BCUT2D eigenvalue weighted by atomic mass is 35.5. The predicted molar refractivity (Wildman–Crippen MR) is 84.3 cm³/mol. The standard InChI is InChI=1S/C15H11ClFN3S/c16-7-4-5-10(17)9(6-7)14-19-13(18)12-8-2-1-3-11(8)21-15(12)20-14/h4-6H,1-3H2,(H2,18,19,20). The van der Waals surface area contributed by atoms with Gasteiger partial charge < -0.3 is 5.73 Å². The molecular weight excluding hydrogens is 309 g/mol. The Kier molecular flexibility index (Phi) is 2.87. The van der Waals surface area contributed by atoms with E-state index in [0.717, 1.165) is 29.5 Å². The van der Waals surface area contributed by atoms with Gasteiger partial charge in [0.25, 0.3) is 0 Å². The van der Waals surface area contributed by atoms with Crippen molar-refractivity contribution in [2.24, 2.45) is 0 Å². The molecule has 0 bridgehead atoms. The van der Waals surface area contributed by atoms with Gasteiger partial charge in [0.2, 0.25) is 0 Å². The van der Waals surface area contributed by atoms with Crippen LogP contribution >= 0.6 is 22.9 Å². The molecule has 0 atom stereocenters. The summed E-state index contributed by atoms with van der Waals surface area (Å²) in [4.78, 5) is 11.0. The van der Waals surface area contributed by atoms with Crippen molar-refractivity contribution in [3.05, 3.63) is 39.5 Å². The third-order valence-corrected chi connectivity index (χ3v) is 5.18. The summed E-state index contributed by atoms with van der Waals surface area (Å²) < 4.78 is 14.0. The molecule has 2 N–H and O–H groups in total. The Morgan fingerprint density at radius 1 is 1.24 bits per heavy atom. The normalized spacial score (nSPS) is 13.8. The highest BCUT2D eigenvalue weighted by Gasteiger charge is 2.22. The number of aromatic nitrogens is 2. The molecule has 0 aliphatic heterocycles. The number of anilines is 1. The molecule has 1 aromatic carbocycles. The summed E-state index contributed by atoms with van der Waals surface area (Å²) in [6.07, 6.45) is 3.24. The molecule has 0 spiro atoms. The number of benzene rings is 1. The molecule has 21 heavy (non-hydrogen) atoms. The zero-order valence-corrected chi connectivity index (χ0v) is 12.6. The van der Waals surface area contributed by atoms with Crippen LogP contribution < -0.4 is 5.73 Å². The molecule has 0 fully saturated rings. The summed E-state index contributed by atoms with van der Waals surface area (Å²) in [5.74, 6) is 0.316. The zero-order valence-electron chi connectivity index (χ0n) is 11.0. The van der Waals surface area contributed by atoms with Gasteiger partial charge in [-0.3, -0.25) is 0 Å². The molecule has 4 rings (SSSR count). The fourth-order valence-electron chi connectivity index (χ4n) is 2.81. The molecule has 3 aromatic rings. The average Bonchev–Trinajstić information content (AvgIpc) is 3.01. The molecule has 2 heterocycles. The zero-order chi connectivity index (χ0) is 14.6. The molecule has 6 heteroatoms. The highest BCUT2D eigenvalue weighted by molar-refractivity contribution is 7.19. The van der Waals surface area contributed by atoms with Crippen molar-refractivity contribution in [2.75, 3.05) is 5.73 Å². The second-order valence-electron chi connectivity index (χ2n) is 5.09. The smallest absolute Gasteiger partial charge is 0.166 e. The van der Waals surface area contributed by atoms with Crippen LogP contribution in [0, 0.1) is 5.82 Å². The van der Waals surface area contributed by atoms with E-state index < -0.39 is 5.82 Å². The molecule has 0 saturated heterocycles. The van der Waals surface area contributed by atoms with E-state index in [2.05, 4.69) is 9.97 Å². The summed E-state index contributed by atoms with van der Waals surface area (Å²) in [5, 5.41) is 1.39. The second-order valence-corrected chi connectivity index (χ2v) is 6.61. The summed E-state index contributed by atoms with van der Waals surface area (Å²) in [7, 11) is 0. The van der Waals surface area contributed by atoms with Crippen molar-refractivity contribution < 1.29 is 4.39 Å². The van der Waals surface area contributed by atoms with Crippen LogP contribution in [-0.2, 0) is 12.8 Å². The molecule has 3 nitrogen and oxygen atoms in total. The van der Waals surface area contributed by atoms with Crippen molar-refractivity contribution >= 4 is 39.0 Å². The van der Waals surface area contributed by atoms with Crippen molar-refractivity contribution in [3.8, 4) is 11.4 Å². The molecule has 106 valence electrons. The Hall–Kier alpha value is -1.72. The Bertz CT molecular complexity index is 875. The number of nitrogen functional groups attached to an aromatic ring is 1. The first-order chi connectivity index (χ1) is 10.1. The van der Waals surface area contributed by atoms with Crippen LogP contribution in [-0.4, -0.2) is 9.97 Å². The van der Waals surface area contributed by atoms with Crippen molar-refractivity contribution in [1.82, 2.24) is 9.97 Å². The summed E-state index contributed by atoms with van der Waals surface area (Å²) >= 11 is 7.57. The van der Waals surface area contributed by atoms with Gasteiger partial charge in [-0.25, -0.2) is 14.4 Å². The van der Waals surface area contributed by atoms with Crippen molar-refractivity contribution in [2.45, 2.75) is 19.3 Å². The van der Waals surface area contributed by atoms with E-state index in [9.17, 15) is 4.39 Å². The Balaban J connectivity index is 1.97. The van der Waals surface area contributed by atoms with Gasteiger partial charge >= 0.3 is 0 Å². The summed E-state index contributed by atoms with van der Waals surface area (Å²) in [6.45, 7) is 0. The topological polar surface area (TPSA) is 51.8 Å². The Morgan fingerprint density at radius 3 is 2.95 bits per heavy atom. The van der Waals surface area contributed by atoms with Crippen molar-refractivity contribution in [3.63, 3.8) is 0 Å². The quantitative estimate of drug-likeness (QED) is 0.730. The van der Waals surface area contributed by atoms with Crippen LogP contribution in [0.5, 0.6) is 0 Å². The number of rotatable bonds is 1. The van der Waals surface area contributed by atoms with Gasteiger partial charge in [0.05, 0.1) is 10.9 Å². The summed E-state index contributed by atoms with van der Waals surface area (Å²) in [5.41, 5.74) is 7.65. The third kappa shape index (κ3) is 2.00. The lowest BCUT2D eigenvalue weighted by atomic mass is 10.1. The lowest BCUT2D eigenvalue weighted by Crippen LogP contribution is -1.98. The van der Waals surface area contributed by atoms with Crippen LogP contribution in [0.1, 0.15) is 16.9 Å². The maximum atomic E-state index is 14.0.